The SMILES string of the molecule is CNS(=O)(=O)c1ccc(C(=O)NCc2ccccc2C)o1. The number of carbonyl (C=O) groups excluding carboxylic acids is 1. The van der Waals surface area contributed by atoms with Crippen LogP contribution in [0, 0.1) is 6.92 Å². The minimum Gasteiger partial charge on any atom is -0.438 e. The lowest BCUT2D eigenvalue weighted by atomic mass is 10.1. The Bertz CT molecular complexity index is 750. The number of aryl methyl sites for hydroxylation is 1. The summed E-state index contributed by atoms with van der Waals surface area (Å²) < 4.78 is 30.2. The summed E-state index contributed by atoms with van der Waals surface area (Å²) in [4.78, 5) is 11.9. The lowest BCUT2D eigenvalue weighted by Gasteiger charge is -2.06. The summed E-state index contributed by atoms with van der Waals surface area (Å²) in [7, 11) is -2.41. The molecule has 1 aromatic carbocycles. The molecule has 0 saturated heterocycles. The molecule has 2 aromatic rings. The van der Waals surface area contributed by atoms with Gasteiger partial charge in [-0.1, -0.05) is 24.3 Å². The van der Waals surface area contributed by atoms with Crippen LogP contribution in [0.15, 0.2) is 45.9 Å². The predicted molar refractivity (Wildman–Crippen MR) is 77.3 cm³/mol. The molecule has 0 aliphatic carbocycles. The molecule has 0 spiro atoms. The summed E-state index contributed by atoms with van der Waals surface area (Å²) >= 11 is 0. The van der Waals surface area contributed by atoms with Gasteiger partial charge in [-0.15, -0.1) is 0 Å². The average molecular weight is 308 g/mol. The van der Waals surface area contributed by atoms with Gasteiger partial charge in [0, 0.05) is 6.54 Å². The van der Waals surface area contributed by atoms with Gasteiger partial charge in [0.1, 0.15) is 0 Å². The molecule has 1 heterocycles. The fraction of sp³-hybridized carbons (Fsp3) is 0.214. The van der Waals surface area contributed by atoms with Crippen molar-refractivity contribution < 1.29 is 17.6 Å². The Morgan fingerprint density at radius 1 is 1.19 bits per heavy atom. The number of furan rings is 1. The summed E-state index contributed by atoms with van der Waals surface area (Å²) in [5.74, 6) is -0.506. The number of sulfonamides is 1. The van der Waals surface area contributed by atoms with Crippen LogP contribution in [0.25, 0.3) is 0 Å². The number of amides is 1. The lowest BCUT2D eigenvalue weighted by molar-refractivity contribution is 0.0917. The van der Waals surface area contributed by atoms with Crippen LogP contribution in [0.1, 0.15) is 21.7 Å². The summed E-state index contributed by atoms with van der Waals surface area (Å²) in [6.45, 7) is 2.30. The number of carbonyl (C=O) groups is 1. The second-order valence-electron chi connectivity index (χ2n) is 4.44. The lowest BCUT2D eigenvalue weighted by Crippen LogP contribution is -2.23. The van der Waals surface area contributed by atoms with Crippen molar-refractivity contribution in [3.05, 3.63) is 53.3 Å². The molecule has 0 radical (unpaired) electrons. The Balaban J connectivity index is 2.07. The maximum atomic E-state index is 11.9. The second kappa shape index (κ2) is 6.11. The van der Waals surface area contributed by atoms with Crippen molar-refractivity contribution in [1.82, 2.24) is 10.0 Å². The highest BCUT2D eigenvalue weighted by Gasteiger charge is 2.19. The molecule has 2 rings (SSSR count). The molecule has 0 fully saturated rings. The third kappa shape index (κ3) is 3.50. The Labute approximate surface area is 123 Å². The first kappa shape index (κ1) is 15.3. The van der Waals surface area contributed by atoms with E-state index in [4.69, 9.17) is 4.42 Å². The number of rotatable bonds is 5. The smallest absolute Gasteiger partial charge is 0.287 e. The molecule has 1 aromatic heterocycles. The van der Waals surface area contributed by atoms with Gasteiger partial charge in [0.15, 0.2) is 5.76 Å². The van der Waals surface area contributed by atoms with E-state index in [9.17, 15) is 13.2 Å². The number of nitrogens with one attached hydrogen (secondary N) is 2. The zero-order valence-electron chi connectivity index (χ0n) is 11.7. The summed E-state index contributed by atoms with van der Waals surface area (Å²) in [6, 6.07) is 10.2. The van der Waals surface area contributed by atoms with Crippen molar-refractivity contribution in [2.45, 2.75) is 18.6 Å². The summed E-state index contributed by atoms with van der Waals surface area (Å²) in [5, 5.41) is 2.40. The fourth-order valence-electron chi connectivity index (χ4n) is 1.76. The monoisotopic (exact) mass is 308 g/mol. The minimum absolute atomic E-state index is 0.0441. The van der Waals surface area contributed by atoms with Gasteiger partial charge in [0.05, 0.1) is 0 Å². The molecule has 0 unspecified atom stereocenters. The van der Waals surface area contributed by atoms with E-state index in [1.807, 2.05) is 31.2 Å². The van der Waals surface area contributed by atoms with Crippen LogP contribution >= 0.6 is 0 Å². The van der Waals surface area contributed by atoms with E-state index in [1.165, 1.54) is 19.2 Å². The van der Waals surface area contributed by atoms with Crippen molar-refractivity contribution in [3.8, 4) is 0 Å². The highest BCUT2D eigenvalue weighted by Crippen LogP contribution is 2.14. The van der Waals surface area contributed by atoms with Crippen molar-refractivity contribution in [2.24, 2.45) is 0 Å². The van der Waals surface area contributed by atoms with Gasteiger partial charge in [-0.05, 0) is 37.2 Å². The zero-order valence-corrected chi connectivity index (χ0v) is 12.5. The quantitative estimate of drug-likeness (QED) is 0.874. The Kier molecular flexibility index (Phi) is 4.44. The van der Waals surface area contributed by atoms with Crippen LogP contribution in [0.2, 0.25) is 0 Å². The number of hydrogen-bond acceptors (Lipinski definition) is 4. The maximum Gasteiger partial charge on any atom is 0.287 e. The van der Waals surface area contributed by atoms with E-state index < -0.39 is 15.9 Å². The van der Waals surface area contributed by atoms with E-state index in [0.29, 0.717) is 6.54 Å². The van der Waals surface area contributed by atoms with Gasteiger partial charge < -0.3 is 9.73 Å². The summed E-state index contributed by atoms with van der Waals surface area (Å²) in [5.41, 5.74) is 2.05. The minimum atomic E-state index is -3.68. The van der Waals surface area contributed by atoms with E-state index >= 15 is 0 Å². The molecule has 6 nitrogen and oxygen atoms in total. The van der Waals surface area contributed by atoms with Crippen molar-refractivity contribution in [3.63, 3.8) is 0 Å². The molecule has 112 valence electrons. The molecule has 7 heteroatoms. The molecule has 0 bridgehead atoms. The van der Waals surface area contributed by atoms with Gasteiger partial charge in [0.2, 0.25) is 5.09 Å². The first-order valence-corrected chi connectivity index (χ1v) is 7.78. The Hall–Kier alpha value is -2.12. The highest BCUT2D eigenvalue weighted by atomic mass is 32.2. The van der Waals surface area contributed by atoms with Crippen LogP contribution in [0.4, 0.5) is 0 Å². The van der Waals surface area contributed by atoms with E-state index in [-0.39, 0.29) is 10.9 Å². The van der Waals surface area contributed by atoms with Gasteiger partial charge in [-0.2, -0.15) is 0 Å². The van der Waals surface area contributed by atoms with Gasteiger partial charge in [0.25, 0.3) is 15.9 Å². The molecule has 0 saturated carbocycles. The van der Waals surface area contributed by atoms with Gasteiger partial charge in [-0.25, -0.2) is 13.1 Å². The number of benzene rings is 1. The predicted octanol–water partition coefficient (Wildman–Crippen LogP) is 1.43. The van der Waals surface area contributed by atoms with Crippen LogP contribution in [0.5, 0.6) is 0 Å². The third-order valence-electron chi connectivity index (χ3n) is 3.04. The first-order chi connectivity index (χ1) is 9.94. The van der Waals surface area contributed by atoms with Crippen LogP contribution in [-0.4, -0.2) is 21.4 Å². The molecule has 0 aliphatic rings. The Morgan fingerprint density at radius 3 is 2.57 bits per heavy atom. The van der Waals surface area contributed by atoms with Gasteiger partial charge in [-0.3, -0.25) is 4.79 Å². The normalized spacial score (nSPS) is 11.3. The van der Waals surface area contributed by atoms with E-state index in [2.05, 4.69) is 10.0 Å². The van der Waals surface area contributed by atoms with Crippen LogP contribution < -0.4 is 10.0 Å². The topological polar surface area (TPSA) is 88.4 Å². The molecule has 2 N–H and O–H groups in total. The number of hydrogen-bond donors (Lipinski definition) is 2. The van der Waals surface area contributed by atoms with E-state index in [0.717, 1.165) is 11.1 Å². The second-order valence-corrected chi connectivity index (χ2v) is 6.25. The highest BCUT2D eigenvalue weighted by molar-refractivity contribution is 7.89. The van der Waals surface area contributed by atoms with Crippen LogP contribution in [0.3, 0.4) is 0 Å². The molecule has 0 atom stereocenters. The molecular formula is C14H16N2O4S. The molecule has 1 amide bonds. The largest absolute Gasteiger partial charge is 0.438 e. The zero-order chi connectivity index (χ0) is 15.5. The third-order valence-corrected chi connectivity index (χ3v) is 4.33. The molecule has 21 heavy (non-hydrogen) atoms. The van der Waals surface area contributed by atoms with Crippen LogP contribution in [-0.2, 0) is 16.6 Å². The van der Waals surface area contributed by atoms with Crippen molar-refractivity contribution in [2.75, 3.05) is 7.05 Å². The van der Waals surface area contributed by atoms with Gasteiger partial charge >= 0.3 is 0 Å². The fourth-order valence-corrected chi connectivity index (χ4v) is 2.41. The average Bonchev–Trinajstić information content (AvgIpc) is 2.97. The standard InChI is InChI=1S/C14H16N2O4S/c1-10-5-3-4-6-11(10)9-16-14(17)12-7-8-13(20-12)21(18,19)15-2/h3-8,15H,9H2,1-2H3,(H,16,17). The summed E-state index contributed by atoms with van der Waals surface area (Å²) in [6.07, 6.45) is 0. The maximum absolute atomic E-state index is 11.9. The van der Waals surface area contributed by atoms with E-state index in [1.54, 1.807) is 0 Å². The van der Waals surface area contributed by atoms with Crippen molar-refractivity contribution >= 4 is 15.9 Å². The molecular weight excluding hydrogens is 292 g/mol. The molecule has 0 aliphatic heterocycles. The van der Waals surface area contributed by atoms with Crippen molar-refractivity contribution in [1.29, 1.82) is 0 Å². The first-order valence-electron chi connectivity index (χ1n) is 6.30. The Morgan fingerprint density at radius 2 is 1.90 bits per heavy atom.